The lowest BCUT2D eigenvalue weighted by Gasteiger charge is -2.31. The molecule has 29 heavy (non-hydrogen) atoms. The second-order valence-corrected chi connectivity index (χ2v) is 7.76. The summed E-state index contributed by atoms with van der Waals surface area (Å²) < 4.78 is 0. The Morgan fingerprint density at radius 2 is 1.79 bits per heavy atom. The first-order valence-corrected chi connectivity index (χ1v) is 9.85. The molecule has 2 N–H and O–H groups in total. The summed E-state index contributed by atoms with van der Waals surface area (Å²) in [6.45, 7) is 5.61. The summed E-state index contributed by atoms with van der Waals surface area (Å²) in [5.41, 5.74) is 3.06. The molecule has 1 heterocycles. The molecule has 1 atom stereocenters. The van der Waals surface area contributed by atoms with E-state index >= 15 is 0 Å². The van der Waals surface area contributed by atoms with Gasteiger partial charge in [-0.3, -0.25) is 9.59 Å². The Bertz CT molecular complexity index is 921. The molecule has 0 aliphatic carbocycles. The highest BCUT2D eigenvalue weighted by molar-refractivity contribution is 5.97. The molecule has 2 aromatic rings. The van der Waals surface area contributed by atoms with E-state index < -0.39 is 5.97 Å². The van der Waals surface area contributed by atoms with Crippen LogP contribution in [0.3, 0.4) is 0 Å². The molecule has 0 spiro atoms. The topological polar surface area (TPSA) is 86.7 Å². The van der Waals surface area contributed by atoms with Crippen molar-refractivity contribution in [1.29, 1.82) is 0 Å². The predicted molar refractivity (Wildman–Crippen MR) is 111 cm³/mol. The summed E-state index contributed by atoms with van der Waals surface area (Å²) in [7, 11) is 0. The lowest BCUT2D eigenvalue weighted by molar-refractivity contribution is -0.115. The van der Waals surface area contributed by atoms with Crippen molar-refractivity contribution in [2.45, 2.75) is 33.1 Å². The van der Waals surface area contributed by atoms with Gasteiger partial charge in [-0.1, -0.05) is 19.1 Å². The van der Waals surface area contributed by atoms with Gasteiger partial charge in [-0.15, -0.1) is 0 Å². The van der Waals surface area contributed by atoms with E-state index in [9.17, 15) is 14.4 Å². The molecule has 0 saturated carbocycles. The van der Waals surface area contributed by atoms with E-state index in [-0.39, 0.29) is 23.8 Å². The van der Waals surface area contributed by atoms with Gasteiger partial charge >= 0.3 is 5.97 Å². The monoisotopic (exact) mass is 394 g/mol. The maximum atomic E-state index is 12.7. The maximum absolute atomic E-state index is 12.7. The highest BCUT2D eigenvalue weighted by Crippen LogP contribution is 2.21. The number of benzene rings is 2. The number of likely N-dealkylation sites (tertiary alicyclic amines) is 1. The summed E-state index contributed by atoms with van der Waals surface area (Å²) in [6.07, 6.45) is 2.34. The lowest BCUT2D eigenvalue weighted by atomic mass is 9.99. The number of carbonyl (C=O) groups excluding carboxylic acids is 2. The van der Waals surface area contributed by atoms with Crippen LogP contribution in [-0.4, -0.2) is 40.9 Å². The summed E-state index contributed by atoms with van der Waals surface area (Å²) in [5, 5.41) is 11.8. The Kier molecular flexibility index (Phi) is 6.32. The van der Waals surface area contributed by atoms with Gasteiger partial charge in [-0.2, -0.15) is 0 Å². The van der Waals surface area contributed by atoms with E-state index in [4.69, 9.17) is 5.11 Å². The fraction of sp³-hybridized carbons (Fsp3) is 0.348. The van der Waals surface area contributed by atoms with E-state index in [1.54, 1.807) is 24.3 Å². The summed E-state index contributed by atoms with van der Waals surface area (Å²) in [6, 6.07) is 11.6. The predicted octanol–water partition coefficient (Wildman–Crippen LogP) is 3.75. The Balaban J connectivity index is 1.63. The van der Waals surface area contributed by atoms with Crippen LogP contribution in [0.1, 0.15) is 51.6 Å². The van der Waals surface area contributed by atoms with E-state index in [2.05, 4.69) is 12.2 Å². The minimum Gasteiger partial charge on any atom is -0.478 e. The van der Waals surface area contributed by atoms with Crippen LogP contribution in [0.5, 0.6) is 0 Å². The average molecular weight is 394 g/mol. The zero-order chi connectivity index (χ0) is 21.0. The van der Waals surface area contributed by atoms with Crippen molar-refractivity contribution in [3.8, 4) is 0 Å². The van der Waals surface area contributed by atoms with Crippen molar-refractivity contribution in [2.75, 3.05) is 18.4 Å². The van der Waals surface area contributed by atoms with Crippen molar-refractivity contribution >= 4 is 23.5 Å². The molecule has 1 aliphatic rings. The van der Waals surface area contributed by atoms with Crippen molar-refractivity contribution in [2.24, 2.45) is 5.92 Å². The standard InChI is InChI=1S/C23H26N2O4/c1-15-4-3-11-25(14-15)22(27)19-9-10-20(16(2)12-19)24-21(26)13-17-5-7-18(8-6-17)23(28)29/h5-10,12,15H,3-4,11,13-14H2,1-2H3,(H,24,26)(H,28,29). The van der Waals surface area contributed by atoms with Gasteiger partial charge in [0.25, 0.3) is 5.91 Å². The Morgan fingerprint density at radius 1 is 1.10 bits per heavy atom. The number of amides is 2. The van der Waals surface area contributed by atoms with E-state index in [1.165, 1.54) is 12.1 Å². The molecular weight excluding hydrogens is 368 g/mol. The van der Waals surface area contributed by atoms with Crippen LogP contribution in [0.25, 0.3) is 0 Å². The van der Waals surface area contributed by atoms with E-state index in [0.717, 1.165) is 37.1 Å². The summed E-state index contributed by atoms with van der Waals surface area (Å²) >= 11 is 0. The maximum Gasteiger partial charge on any atom is 0.335 e. The lowest BCUT2D eigenvalue weighted by Crippen LogP contribution is -2.39. The molecule has 152 valence electrons. The molecule has 6 heteroatoms. The second kappa shape index (κ2) is 8.90. The van der Waals surface area contributed by atoms with Crippen LogP contribution in [-0.2, 0) is 11.2 Å². The molecule has 1 aliphatic heterocycles. The molecule has 1 unspecified atom stereocenters. The number of carboxylic acids is 1. The fourth-order valence-electron chi connectivity index (χ4n) is 3.64. The van der Waals surface area contributed by atoms with Crippen molar-refractivity contribution in [3.05, 3.63) is 64.7 Å². The number of hydrogen-bond donors (Lipinski definition) is 2. The van der Waals surface area contributed by atoms with E-state index in [0.29, 0.717) is 17.2 Å². The van der Waals surface area contributed by atoms with Crippen LogP contribution in [0.15, 0.2) is 42.5 Å². The van der Waals surface area contributed by atoms with Crippen LogP contribution in [0.4, 0.5) is 5.69 Å². The number of carbonyl (C=O) groups is 3. The van der Waals surface area contributed by atoms with Crippen LogP contribution in [0, 0.1) is 12.8 Å². The van der Waals surface area contributed by atoms with Gasteiger partial charge in [0.05, 0.1) is 12.0 Å². The van der Waals surface area contributed by atoms with Gasteiger partial charge in [0.15, 0.2) is 0 Å². The molecule has 0 aromatic heterocycles. The van der Waals surface area contributed by atoms with Crippen LogP contribution >= 0.6 is 0 Å². The summed E-state index contributed by atoms with van der Waals surface area (Å²) in [4.78, 5) is 37.9. The molecule has 2 aromatic carbocycles. The third kappa shape index (κ3) is 5.22. The van der Waals surface area contributed by atoms with Crippen molar-refractivity contribution in [1.82, 2.24) is 4.90 Å². The zero-order valence-electron chi connectivity index (χ0n) is 16.8. The Morgan fingerprint density at radius 3 is 2.41 bits per heavy atom. The SMILES string of the molecule is Cc1cc(C(=O)N2CCCC(C)C2)ccc1NC(=O)Cc1ccc(C(=O)O)cc1. The number of aryl methyl sites for hydroxylation is 1. The number of hydrogen-bond acceptors (Lipinski definition) is 3. The van der Waals surface area contributed by atoms with Crippen molar-refractivity contribution < 1.29 is 19.5 Å². The minimum atomic E-state index is -0.995. The Labute approximate surface area is 170 Å². The number of carboxylic acid groups (broad SMARTS) is 1. The molecular formula is C23H26N2O4. The van der Waals surface area contributed by atoms with Gasteiger partial charge in [-0.25, -0.2) is 4.79 Å². The molecule has 1 saturated heterocycles. The van der Waals surface area contributed by atoms with Gasteiger partial charge in [-0.05, 0) is 67.1 Å². The highest BCUT2D eigenvalue weighted by atomic mass is 16.4. The first-order chi connectivity index (χ1) is 13.8. The first-order valence-electron chi connectivity index (χ1n) is 9.85. The molecule has 0 bridgehead atoms. The van der Waals surface area contributed by atoms with E-state index in [1.807, 2.05) is 17.9 Å². The summed E-state index contributed by atoms with van der Waals surface area (Å²) in [5.74, 6) is -0.627. The number of aromatic carboxylic acids is 1. The second-order valence-electron chi connectivity index (χ2n) is 7.76. The normalized spacial score (nSPS) is 16.3. The van der Waals surface area contributed by atoms with Gasteiger partial charge in [0.2, 0.25) is 5.91 Å². The molecule has 2 amide bonds. The third-order valence-corrected chi connectivity index (χ3v) is 5.26. The minimum absolute atomic E-state index is 0.0380. The largest absolute Gasteiger partial charge is 0.478 e. The van der Waals surface area contributed by atoms with Gasteiger partial charge < -0.3 is 15.3 Å². The van der Waals surface area contributed by atoms with Gasteiger partial charge in [0.1, 0.15) is 0 Å². The Hall–Kier alpha value is -3.15. The average Bonchev–Trinajstić information content (AvgIpc) is 2.69. The number of anilines is 1. The van der Waals surface area contributed by atoms with Crippen LogP contribution < -0.4 is 5.32 Å². The quantitative estimate of drug-likeness (QED) is 0.809. The molecule has 1 fully saturated rings. The molecule has 3 rings (SSSR count). The fourth-order valence-corrected chi connectivity index (χ4v) is 3.64. The van der Waals surface area contributed by atoms with Crippen LogP contribution in [0.2, 0.25) is 0 Å². The van der Waals surface area contributed by atoms with Gasteiger partial charge in [0, 0.05) is 24.3 Å². The smallest absolute Gasteiger partial charge is 0.335 e. The number of rotatable bonds is 5. The highest BCUT2D eigenvalue weighted by Gasteiger charge is 2.22. The van der Waals surface area contributed by atoms with Crippen molar-refractivity contribution in [3.63, 3.8) is 0 Å². The zero-order valence-corrected chi connectivity index (χ0v) is 16.8. The third-order valence-electron chi connectivity index (χ3n) is 5.26. The first kappa shape index (κ1) is 20.6. The number of piperidine rings is 1. The number of nitrogens with one attached hydrogen (secondary N) is 1. The molecule has 6 nitrogen and oxygen atoms in total. The molecule has 0 radical (unpaired) electrons. The number of nitrogens with zero attached hydrogens (tertiary/aromatic N) is 1.